The average Bonchev–Trinajstić information content (AvgIpc) is 2.77. The Morgan fingerprint density at radius 1 is 1.61 bits per heavy atom. The molecule has 2 rings (SSSR count). The van der Waals surface area contributed by atoms with Gasteiger partial charge in [-0.15, -0.1) is 0 Å². The highest BCUT2D eigenvalue weighted by Crippen LogP contribution is 2.28. The third kappa shape index (κ3) is 2.14. The van der Waals surface area contributed by atoms with Crippen molar-refractivity contribution in [3.05, 3.63) is 23.0 Å². The molecule has 2 heterocycles. The molecule has 5 heteroatoms. The summed E-state index contributed by atoms with van der Waals surface area (Å²) >= 11 is 0. The first-order valence-corrected chi connectivity index (χ1v) is 5.95. The molecule has 1 amide bonds. The van der Waals surface area contributed by atoms with Crippen molar-refractivity contribution in [2.24, 2.45) is 11.7 Å². The fraction of sp³-hybridized carbons (Fsp3) is 0.462. The van der Waals surface area contributed by atoms with Crippen LogP contribution in [0.1, 0.15) is 23.4 Å². The normalized spacial score (nSPS) is 18.7. The van der Waals surface area contributed by atoms with Gasteiger partial charge in [-0.1, -0.05) is 0 Å². The van der Waals surface area contributed by atoms with E-state index < -0.39 is 0 Å². The molecule has 1 aromatic rings. The fourth-order valence-corrected chi connectivity index (χ4v) is 2.41. The molecule has 1 aromatic heterocycles. The van der Waals surface area contributed by atoms with Crippen molar-refractivity contribution in [3.63, 3.8) is 0 Å². The molecule has 1 aliphatic heterocycles. The number of aryl methyl sites for hydroxylation is 2. The van der Waals surface area contributed by atoms with Gasteiger partial charge in [-0.2, -0.15) is 5.26 Å². The number of carbonyl (C=O) groups is 1. The van der Waals surface area contributed by atoms with Crippen molar-refractivity contribution in [2.45, 2.75) is 20.3 Å². The van der Waals surface area contributed by atoms with Crippen molar-refractivity contribution >= 4 is 11.6 Å². The molecule has 0 aromatic carbocycles. The molecule has 1 fully saturated rings. The molecule has 0 saturated carbocycles. The molecule has 18 heavy (non-hydrogen) atoms. The Bertz CT molecular complexity index is 533. The monoisotopic (exact) mass is 244 g/mol. The Morgan fingerprint density at radius 2 is 2.33 bits per heavy atom. The number of anilines is 1. The van der Waals surface area contributed by atoms with Crippen LogP contribution in [-0.4, -0.2) is 24.0 Å². The van der Waals surface area contributed by atoms with E-state index in [4.69, 9.17) is 5.73 Å². The zero-order chi connectivity index (χ0) is 13.3. The number of primary amides is 1. The molecule has 1 saturated heterocycles. The van der Waals surface area contributed by atoms with E-state index in [-0.39, 0.29) is 11.8 Å². The van der Waals surface area contributed by atoms with Crippen LogP contribution in [0, 0.1) is 31.1 Å². The standard InChI is InChI=1S/C13H16N4O/c1-8-5-12(11(6-14)9(2)16-8)17-4-3-10(7-17)13(15)18/h5,10H,3-4,7H2,1-2H3,(H2,15,18). The molecule has 1 atom stereocenters. The van der Waals surface area contributed by atoms with Crippen LogP contribution in [0.3, 0.4) is 0 Å². The topological polar surface area (TPSA) is 83.0 Å². The minimum Gasteiger partial charge on any atom is -0.370 e. The zero-order valence-electron chi connectivity index (χ0n) is 10.6. The van der Waals surface area contributed by atoms with Gasteiger partial charge in [-0.05, 0) is 26.3 Å². The number of hydrogen-bond acceptors (Lipinski definition) is 4. The van der Waals surface area contributed by atoms with E-state index in [0.717, 1.165) is 30.0 Å². The highest BCUT2D eigenvalue weighted by Gasteiger charge is 2.28. The quantitative estimate of drug-likeness (QED) is 0.837. The van der Waals surface area contributed by atoms with Gasteiger partial charge in [0, 0.05) is 18.8 Å². The fourth-order valence-electron chi connectivity index (χ4n) is 2.41. The number of nitrogens with two attached hydrogens (primary N) is 1. The minimum absolute atomic E-state index is 0.120. The Labute approximate surface area is 106 Å². The molecule has 1 aliphatic rings. The highest BCUT2D eigenvalue weighted by molar-refractivity contribution is 5.78. The van der Waals surface area contributed by atoms with E-state index in [9.17, 15) is 10.1 Å². The molecule has 1 unspecified atom stereocenters. The van der Waals surface area contributed by atoms with E-state index in [1.54, 1.807) is 0 Å². The lowest BCUT2D eigenvalue weighted by Crippen LogP contribution is -2.27. The maximum Gasteiger partial charge on any atom is 0.222 e. The molecule has 0 radical (unpaired) electrons. The number of aromatic nitrogens is 1. The summed E-state index contributed by atoms with van der Waals surface area (Å²) in [5, 5.41) is 9.22. The summed E-state index contributed by atoms with van der Waals surface area (Å²) < 4.78 is 0. The van der Waals surface area contributed by atoms with Gasteiger partial charge in [-0.3, -0.25) is 9.78 Å². The molecule has 0 spiro atoms. The minimum atomic E-state index is -0.265. The summed E-state index contributed by atoms with van der Waals surface area (Å²) in [4.78, 5) is 17.5. The Balaban J connectivity index is 2.35. The van der Waals surface area contributed by atoms with Crippen LogP contribution >= 0.6 is 0 Å². The van der Waals surface area contributed by atoms with Gasteiger partial charge in [0.2, 0.25) is 5.91 Å². The highest BCUT2D eigenvalue weighted by atomic mass is 16.1. The maximum atomic E-state index is 11.2. The second kappa shape index (κ2) is 4.65. The van der Waals surface area contributed by atoms with Crippen molar-refractivity contribution in [2.75, 3.05) is 18.0 Å². The SMILES string of the molecule is Cc1cc(N2CCC(C(N)=O)C2)c(C#N)c(C)n1. The summed E-state index contributed by atoms with van der Waals surface area (Å²) in [5.41, 5.74) is 8.39. The van der Waals surface area contributed by atoms with Crippen LogP contribution < -0.4 is 10.6 Å². The lowest BCUT2D eigenvalue weighted by atomic mass is 10.1. The number of hydrogen-bond donors (Lipinski definition) is 1. The second-order valence-corrected chi connectivity index (χ2v) is 4.69. The van der Waals surface area contributed by atoms with E-state index in [2.05, 4.69) is 16.0 Å². The van der Waals surface area contributed by atoms with Gasteiger partial charge in [0.15, 0.2) is 0 Å². The number of amides is 1. The summed E-state index contributed by atoms with van der Waals surface area (Å²) in [5.74, 6) is -0.385. The predicted octanol–water partition coefficient (Wildman–Crippen LogP) is 0.882. The largest absolute Gasteiger partial charge is 0.370 e. The Hall–Kier alpha value is -2.09. The van der Waals surface area contributed by atoms with Gasteiger partial charge in [0.25, 0.3) is 0 Å². The molecule has 94 valence electrons. The maximum absolute atomic E-state index is 11.2. The third-order valence-electron chi connectivity index (χ3n) is 3.35. The Kier molecular flexibility index (Phi) is 3.19. The predicted molar refractivity (Wildman–Crippen MR) is 67.9 cm³/mol. The van der Waals surface area contributed by atoms with E-state index in [1.165, 1.54) is 0 Å². The first-order valence-electron chi connectivity index (χ1n) is 5.95. The smallest absolute Gasteiger partial charge is 0.222 e. The second-order valence-electron chi connectivity index (χ2n) is 4.69. The Morgan fingerprint density at radius 3 is 2.89 bits per heavy atom. The third-order valence-corrected chi connectivity index (χ3v) is 3.35. The number of pyridine rings is 1. The zero-order valence-corrected chi connectivity index (χ0v) is 10.6. The van der Waals surface area contributed by atoms with E-state index in [1.807, 2.05) is 19.9 Å². The number of carbonyl (C=O) groups excluding carboxylic acids is 1. The van der Waals surface area contributed by atoms with Crippen molar-refractivity contribution in [3.8, 4) is 6.07 Å². The summed E-state index contributed by atoms with van der Waals surface area (Å²) in [6.07, 6.45) is 0.751. The summed E-state index contributed by atoms with van der Waals surface area (Å²) in [6.45, 7) is 5.08. The lowest BCUT2D eigenvalue weighted by Gasteiger charge is -2.20. The van der Waals surface area contributed by atoms with Crippen LogP contribution in [0.25, 0.3) is 0 Å². The molecular weight excluding hydrogens is 228 g/mol. The van der Waals surface area contributed by atoms with E-state index in [0.29, 0.717) is 12.1 Å². The van der Waals surface area contributed by atoms with Crippen molar-refractivity contribution < 1.29 is 4.79 Å². The van der Waals surface area contributed by atoms with Gasteiger partial charge < -0.3 is 10.6 Å². The van der Waals surface area contributed by atoms with Gasteiger partial charge in [-0.25, -0.2) is 0 Å². The average molecular weight is 244 g/mol. The van der Waals surface area contributed by atoms with Crippen molar-refractivity contribution in [1.82, 2.24) is 4.98 Å². The molecule has 2 N–H and O–H groups in total. The number of nitriles is 1. The summed E-state index contributed by atoms with van der Waals surface area (Å²) in [7, 11) is 0. The first-order chi connectivity index (χ1) is 8.52. The van der Waals surface area contributed by atoms with E-state index >= 15 is 0 Å². The number of nitrogens with zero attached hydrogens (tertiary/aromatic N) is 3. The van der Waals surface area contributed by atoms with Gasteiger partial charge >= 0.3 is 0 Å². The van der Waals surface area contributed by atoms with Crippen LogP contribution in [-0.2, 0) is 4.79 Å². The van der Waals surface area contributed by atoms with Crippen LogP contribution in [0.5, 0.6) is 0 Å². The van der Waals surface area contributed by atoms with Crippen LogP contribution in [0.4, 0.5) is 5.69 Å². The van der Waals surface area contributed by atoms with Crippen LogP contribution in [0.2, 0.25) is 0 Å². The lowest BCUT2D eigenvalue weighted by molar-refractivity contribution is -0.121. The first kappa shape index (κ1) is 12.4. The van der Waals surface area contributed by atoms with Crippen molar-refractivity contribution in [1.29, 1.82) is 5.26 Å². The van der Waals surface area contributed by atoms with Gasteiger partial charge in [0.1, 0.15) is 6.07 Å². The van der Waals surface area contributed by atoms with Gasteiger partial charge in [0.05, 0.1) is 22.9 Å². The van der Waals surface area contributed by atoms with Crippen LogP contribution in [0.15, 0.2) is 6.07 Å². The molecular formula is C13H16N4O. The number of rotatable bonds is 2. The molecule has 0 aliphatic carbocycles. The molecule has 5 nitrogen and oxygen atoms in total. The molecule has 0 bridgehead atoms. The summed E-state index contributed by atoms with van der Waals surface area (Å²) in [6, 6.07) is 4.09.